The first-order valence-electron chi connectivity index (χ1n) is 4.30. The molecule has 0 aliphatic carbocycles. The van der Waals surface area contributed by atoms with Crippen molar-refractivity contribution >= 4 is 22.9 Å². The lowest BCUT2D eigenvalue weighted by molar-refractivity contribution is -0.113. The molecule has 0 aliphatic heterocycles. The Morgan fingerprint density at radius 2 is 2.21 bits per heavy atom. The molecule has 70 valence electrons. The van der Waals surface area contributed by atoms with Crippen LogP contribution < -0.4 is 5.73 Å². The largest absolute Gasteiger partial charge is 0.366 e. The molecule has 0 bridgehead atoms. The van der Waals surface area contributed by atoms with Gasteiger partial charge >= 0.3 is 0 Å². The number of carbonyl (C=O) groups is 1. The van der Waals surface area contributed by atoms with E-state index in [0.29, 0.717) is 0 Å². The lowest BCUT2D eigenvalue weighted by Gasteiger charge is -1.93. The van der Waals surface area contributed by atoms with E-state index in [1.54, 1.807) is 6.08 Å². The van der Waals surface area contributed by atoms with E-state index >= 15 is 0 Å². The third-order valence-electron chi connectivity index (χ3n) is 2.02. The zero-order chi connectivity index (χ0) is 9.97. The van der Waals surface area contributed by atoms with Crippen molar-refractivity contribution in [3.63, 3.8) is 0 Å². The first-order chi connectivity index (χ1) is 6.75. The quantitative estimate of drug-likeness (QED) is 0.688. The van der Waals surface area contributed by atoms with Crippen molar-refractivity contribution in [1.82, 2.24) is 4.98 Å². The van der Waals surface area contributed by atoms with Crippen LogP contribution in [0.15, 0.2) is 36.5 Å². The summed E-state index contributed by atoms with van der Waals surface area (Å²) in [5, 5.41) is 1.15. The molecule has 3 nitrogen and oxygen atoms in total. The third kappa shape index (κ3) is 1.66. The van der Waals surface area contributed by atoms with E-state index in [9.17, 15) is 4.79 Å². The van der Waals surface area contributed by atoms with Crippen LogP contribution in [0, 0.1) is 0 Å². The molecular formula is C11H10N2O. The highest BCUT2D eigenvalue weighted by Gasteiger charge is 1.94. The Balaban J connectivity index is 2.39. The lowest BCUT2D eigenvalue weighted by Crippen LogP contribution is -2.04. The van der Waals surface area contributed by atoms with Crippen molar-refractivity contribution in [3.05, 3.63) is 42.1 Å². The summed E-state index contributed by atoms with van der Waals surface area (Å²) in [5.74, 6) is -0.434. The van der Waals surface area contributed by atoms with Crippen molar-refractivity contribution in [2.75, 3.05) is 0 Å². The van der Waals surface area contributed by atoms with Gasteiger partial charge in [-0.2, -0.15) is 0 Å². The first-order valence-corrected chi connectivity index (χ1v) is 4.30. The minimum Gasteiger partial charge on any atom is -0.366 e. The van der Waals surface area contributed by atoms with Gasteiger partial charge in [-0.15, -0.1) is 0 Å². The summed E-state index contributed by atoms with van der Waals surface area (Å²) in [7, 11) is 0. The molecule has 0 atom stereocenters. The smallest absolute Gasteiger partial charge is 0.241 e. The van der Waals surface area contributed by atoms with Gasteiger partial charge in [-0.1, -0.05) is 12.1 Å². The van der Waals surface area contributed by atoms with Gasteiger partial charge in [-0.3, -0.25) is 4.79 Å². The molecule has 0 fully saturated rings. The van der Waals surface area contributed by atoms with Gasteiger partial charge in [0, 0.05) is 17.8 Å². The predicted octanol–water partition coefficient (Wildman–Crippen LogP) is 1.67. The monoisotopic (exact) mass is 186 g/mol. The van der Waals surface area contributed by atoms with E-state index < -0.39 is 5.91 Å². The van der Waals surface area contributed by atoms with Gasteiger partial charge in [0.2, 0.25) is 5.91 Å². The maximum atomic E-state index is 10.5. The average molecular weight is 186 g/mol. The minimum absolute atomic E-state index is 0.434. The molecule has 1 aromatic carbocycles. The molecule has 0 radical (unpaired) electrons. The van der Waals surface area contributed by atoms with Crippen LogP contribution in [-0.4, -0.2) is 10.9 Å². The highest BCUT2D eigenvalue weighted by atomic mass is 16.1. The number of H-pyrrole nitrogens is 1. The number of hydrogen-bond acceptors (Lipinski definition) is 1. The van der Waals surface area contributed by atoms with Crippen LogP contribution >= 0.6 is 0 Å². The Kier molecular flexibility index (Phi) is 2.07. The SMILES string of the molecule is NC(=O)/C=C/c1ccc2cc[nH]c2c1. The van der Waals surface area contributed by atoms with E-state index in [1.165, 1.54) is 6.08 Å². The number of amides is 1. The summed E-state index contributed by atoms with van der Waals surface area (Å²) in [5.41, 5.74) is 7.01. The zero-order valence-electron chi connectivity index (χ0n) is 7.53. The lowest BCUT2D eigenvalue weighted by atomic mass is 10.1. The number of aromatic amines is 1. The van der Waals surface area contributed by atoms with Crippen LogP contribution in [0.3, 0.4) is 0 Å². The third-order valence-corrected chi connectivity index (χ3v) is 2.02. The summed E-state index contributed by atoms with van der Waals surface area (Å²) in [6.45, 7) is 0. The van der Waals surface area contributed by atoms with Gasteiger partial charge < -0.3 is 10.7 Å². The molecule has 2 aromatic rings. The number of primary amides is 1. The summed E-state index contributed by atoms with van der Waals surface area (Å²) < 4.78 is 0. The van der Waals surface area contributed by atoms with Crippen LogP contribution in [0.2, 0.25) is 0 Å². The fourth-order valence-corrected chi connectivity index (χ4v) is 1.35. The fourth-order valence-electron chi connectivity index (χ4n) is 1.35. The number of carbonyl (C=O) groups excluding carboxylic acids is 1. The van der Waals surface area contributed by atoms with Gasteiger partial charge in [0.1, 0.15) is 0 Å². The maximum Gasteiger partial charge on any atom is 0.241 e. The van der Waals surface area contributed by atoms with E-state index in [4.69, 9.17) is 5.73 Å². The molecule has 1 aromatic heterocycles. The first kappa shape index (κ1) is 8.56. The highest BCUT2D eigenvalue weighted by molar-refractivity contribution is 5.91. The average Bonchev–Trinajstić information content (AvgIpc) is 2.61. The van der Waals surface area contributed by atoms with Gasteiger partial charge in [0.05, 0.1) is 0 Å². The van der Waals surface area contributed by atoms with Crippen LogP contribution in [0.4, 0.5) is 0 Å². The second kappa shape index (κ2) is 3.38. The van der Waals surface area contributed by atoms with E-state index in [2.05, 4.69) is 4.98 Å². The molecule has 0 spiro atoms. The summed E-state index contributed by atoms with van der Waals surface area (Å²) in [6.07, 6.45) is 4.93. The molecule has 0 aliphatic rings. The Morgan fingerprint density at radius 3 is 3.00 bits per heavy atom. The van der Waals surface area contributed by atoms with Crippen molar-refractivity contribution < 1.29 is 4.79 Å². The summed E-state index contributed by atoms with van der Waals surface area (Å²) >= 11 is 0. The topological polar surface area (TPSA) is 58.9 Å². The number of aromatic nitrogens is 1. The Hall–Kier alpha value is -2.03. The number of nitrogens with two attached hydrogens (primary N) is 1. The molecule has 0 unspecified atom stereocenters. The van der Waals surface area contributed by atoms with Crippen LogP contribution in [0.1, 0.15) is 5.56 Å². The van der Waals surface area contributed by atoms with E-state index in [-0.39, 0.29) is 0 Å². The molecule has 3 heteroatoms. The van der Waals surface area contributed by atoms with Crippen molar-refractivity contribution in [2.45, 2.75) is 0 Å². The molecule has 2 rings (SSSR count). The number of nitrogens with one attached hydrogen (secondary N) is 1. The number of benzene rings is 1. The summed E-state index contributed by atoms with van der Waals surface area (Å²) in [4.78, 5) is 13.6. The van der Waals surface area contributed by atoms with Gasteiger partial charge in [0.15, 0.2) is 0 Å². The molecule has 0 saturated carbocycles. The molecular weight excluding hydrogens is 176 g/mol. The van der Waals surface area contributed by atoms with E-state index in [0.717, 1.165) is 16.5 Å². The molecule has 1 amide bonds. The number of fused-ring (bicyclic) bond motifs is 1. The standard InChI is InChI=1S/C11H10N2O/c12-11(14)4-2-8-1-3-9-5-6-13-10(9)7-8/h1-7,13H,(H2,12,14)/b4-2+. The van der Waals surface area contributed by atoms with Gasteiger partial charge in [0.25, 0.3) is 0 Å². The molecule has 1 heterocycles. The number of rotatable bonds is 2. The fraction of sp³-hybridized carbons (Fsp3) is 0. The molecule has 3 N–H and O–H groups in total. The van der Waals surface area contributed by atoms with Crippen molar-refractivity contribution in [3.8, 4) is 0 Å². The molecule has 0 saturated heterocycles. The van der Waals surface area contributed by atoms with E-state index in [1.807, 2.05) is 30.5 Å². The normalized spacial score (nSPS) is 11.1. The van der Waals surface area contributed by atoms with Gasteiger partial charge in [-0.05, 0) is 29.2 Å². The second-order valence-electron chi connectivity index (χ2n) is 3.06. The molecule has 14 heavy (non-hydrogen) atoms. The Morgan fingerprint density at radius 1 is 1.36 bits per heavy atom. The van der Waals surface area contributed by atoms with Gasteiger partial charge in [-0.25, -0.2) is 0 Å². The Bertz CT molecular complexity index is 497. The minimum atomic E-state index is -0.434. The predicted molar refractivity (Wildman–Crippen MR) is 56.5 cm³/mol. The second-order valence-corrected chi connectivity index (χ2v) is 3.06. The van der Waals surface area contributed by atoms with Crippen LogP contribution in [0.5, 0.6) is 0 Å². The zero-order valence-corrected chi connectivity index (χ0v) is 7.53. The Labute approximate surface area is 81.2 Å². The highest BCUT2D eigenvalue weighted by Crippen LogP contribution is 2.14. The van der Waals surface area contributed by atoms with Crippen molar-refractivity contribution in [2.24, 2.45) is 5.73 Å². The maximum absolute atomic E-state index is 10.5. The summed E-state index contributed by atoms with van der Waals surface area (Å²) in [6, 6.07) is 7.90. The number of hydrogen-bond donors (Lipinski definition) is 2. The van der Waals surface area contributed by atoms with Crippen LogP contribution in [-0.2, 0) is 4.79 Å². The van der Waals surface area contributed by atoms with Crippen LogP contribution in [0.25, 0.3) is 17.0 Å². The van der Waals surface area contributed by atoms with Crippen molar-refractivity contribution in [1.29, 1.82) is 0 Å².